The zero-order chi connectivity index (χ0) is 29.4. The van der Waals surface area contributed by atoms with E-state index in [9.17, 15) is 24.3 Å². The molecule has 40 heavy (non-hydrogen) atoms. The molecule has 2 N–H and O–H groups in total. The van der Waals surface area contributed by atoms with Gasteiger partial charge >= 0.3 is 18.0 Å². The zero-order valence-corrected chi connectivity index (χ0v) is 23.1. The molecule has 214 valence electrons. The number of amides is 2. The molecule has 1 saturated heterocycles. The first-order chi connectivity index (χ1) is 18.8. The van der Waals surface area contributed by atoms with Crippen LogP contribution in [0, 0.1) is 5.92 Å². The molecule has 1 aliphatic carbocycles. The highest BCUT2D eigenvalue weighted by Crippen LogP contribution is 2.45. The van der Waals surface area contributed by atoms with Crippen molar-refractivity contribution in [2.75, 3.05) is 20.8 Å². The number of esters is 1. The first-order valence-electron chi connectivity index (χ1n) is 12.7. The highest BCUT2D eigenvalue weighted by atomic mass is 16.6. The fourth-order valence-corrected chi connectivity index (χ4v) is 4.83. The minimum atomic E-state index is -1.25. The van der Waals surface area contributed by atoms with Crippen molar-refractivity contribution in [1.82, 2.24) is 15.2 Å². The first kappa shape index (κ1) is 28.7. The largest absolute Gasteiger partial charge is 0.497 e. The van der Waals surface area contributed by atoms with E-state index in [1.54, 1.807) is 45.0 Å². The third-order valence-electron chi connectivity index (χ3n) is 6.88. The van der Waals surface area contributed by atoms with Gasteiger partial charge in [-0.05, 0) is 39.3 Å². The van der Waals surface area contributed by atoms with Crippen LogP contribution in [-0.4, -0.2) is 83.0 Å². The van der Waals surface area contributed by atoms with Gasteiger partial charge < -0.3 is 29.4 Å². The minimum absolute atomic E-state index is 0.0223. The van der Waals surface area contributed by atoms with Gasteiger partial charge in [0.2, 0.25) is 5.91 Å². The van der Waals surface area contributed by atoms with Crippen LogP contribution in [0.25, 0.3) is 10.9 Å². The van der Waals surface area contributed by atoms with Crippen LogP contribution >= 0.6 is 0 Å². The number of carbonyl (C=O) groups is 4. The lowest BCUT2D eigenvalue weighted by molar-refractivity contribution is -0.147. The van der Waals surface area contributed by atoms with Gasteiger partial charge in [-0.3, -0.25) is 9.69 Å². The number of nitrogens with one attached hydrogen (secondary N) is 1. The maximum Gasteiger partial charge on any atom is 0.411 e. The van der Waals surface area contributed by atoms with E-state index < -0.39 is 47.2 Å². The lowest BCUT2D eigenvalue weighted by Gasteiger charge is -2.28. The van der Waals surface area contributed by atoms with Crippen molar-refractivity contribution in [3.05, 3.63) is 42.6 Å². The Morgan fingerprint density at radius 2 is 1.93 bits per heavy atom. The summed E-state index contributed by atoms with van der Waals surface area (Å²) in [6, 6.07) is 5.24. The number of aromatic nitrogens is 1. The number of carboxylic acid groups (broad SMARTS) is 1. The van der Waals surface area contributed by atoms with Gasteiger partial charge in [0.05, 0.1) is 26.3 Å². The lowest BCUT2D eigenvalue weighted by atomic mass is 10.1. The van der Waals surface area contributed by atoms with E-state index in [0.717, 1.165) is 0 Å². The summed E-state index contributed by atoms with van der Waals surface area (Å²) in [6.45, 7) is 8.82. The van der Waals surface area contributed by atoms with E-state index >= 15 is 0 Å². The van der Waals surface area contributed by atoms with E-state index in [4.69, 9.17) is 18.9 Å². The summed E-state index contributed by atoms with van der Waals surface area (Å²) < 4.78 is 21.9. The second-order valence-corrected chi connectivity index (χ2v) is 10.8. The zero-order valence-electron chi connectivity index (χ0n) is 23.1. The van der Waals surface area contributed by atoms with Crippen LogP contribution in [-0.2, 0) is 19.1 Å². The van der Waals surface area contributed by atoms with Crippen LogP contribution in [0.2, 0.25) is 0 Å². The molecule has 12 nitrogen and oxygen atoms in total. The minimum Gasteiger partial charge on any atom is -0.497 e. The number of nitrogens with zero attached hydrogens (tertiary/aromatic N) is 2. The third kappa shape index (κ3) is 5.65. The molecule has 1 aromatic carbocycles. The average Bonchev–Trinajstić information content (AvgIpc) is 3.45. The molecular weight excluding hydrogens is 522 g/mol. The van der Waals surface area contributed by atoms with Gasteiger partial charge in [-0.15, -0.1) is 6.58 Å². The molecule has 4 atom stereocenters. The summed E-state index contributed by atoms with van der Waals surface area (Å²) in [5.41, 5.74) is -1.97. The monoisotopic (exact) mass is 555 g/mol. The highest BCUT2D eigenvalue weighted by molar-refractivity contribution is 5.95. The molecule has 0 bridgehead atoms. The summed E-state index contributed by atoms with van der Waals surface area (Å²) in [4.78, 5) is 56.4. The number of methoxy groups -OCH3 is 2. The Hall–Kier alpha value is -4.35. The van der Waals surface area contributed by atoms with Crippen molar-refractivity contribution in [2.45, 2.75) is 56.9 Å². The standard InChI is InChI=1S/C28H33N3O9/c1-7-15-13-28(15,25(35)38-6)30-23(32)21-11-17(14-31(21)26(36)40-27(2,3)4)39-22-12-20(24(33)34)29-19-10-16(37-5)8-9-18(19)22/h7-10,12,15,17,21H,1,11,13-14H2,2-6H3,(H,30,32)(H,33,34). The van der Waals surface area contributed by atoms with Gasteiger partial charge in [0, 0.05) is 29.9 Å². The van der Waals surface area contributed by atoms with E-state index in [-0.39, 0.29) is 30.3 Å². The second kappa shape index (κ2) is 10.7. The molecule has 4 rings (SSSR count). The quantitative estimate of drug-likeness (QED) is 0.367. The van der Waals surface area contributed by atoms with Crippen LogP contribution in [0.4, 0.5) is 4.79 Å². The van der Waals surface area contributed by atoms with Gasteiger partial charge in [-0.2, -0.15) is 0 Å². The molecule has 1 aromatic heterocycles. The Morgan fingerprint density at radius 1 is 1.20 bits per heavy atom. The number of likely N-dealkylation sites (tertiary alicyclic amines) is 1. The van der Waals surface area contributed by atoms with E-state index in [1.807, 2.05) is 0 Å². The number of hydrogen-bond acceptors (Lipinski definition) is 9. The van der Waals surface area contributed by atoms with E-state index in [0.29, 0.717) is 23.1 Å². The van der Waals surface area contributed by atoms with Crippen molar-refractivity contribution in [2.24, 2.45) is 5.92 Å². The number of carbonyl (C=O) groups excluding carboxylic acids is 3. The van der Waals surface area contributed by atoms with E-state index in [1.165, 1.54) is 25.2 Å². The summed E-state index contributed by atoms with van der Waals surface area (Å²) >= 11 is 0. The summed E-state index contributed by atoms with van der Waals surface area (Å²) in [5, 5.41) is 12.9. The normalized spacial score (nSPS) is 23.7. The fraction of sp³-hybridized carbons (Fsp3) is 0.464. The lowest BCUT2D eigenvalue weighted by Crippen LogP contribution is -2.53. The second-order valence-electron chi connectivity index (χ2n) is 10.8. The topological polar surface area (TPSA) is 154 Å². The number of fused-ring (bicyclic) bond motifs is 1. The predicted octanol–water partition coefficient (Wildman–Crippen LogP) is 2.93. The highest BCUT2D eigenvalue weighted by Gasteiger charge is 2.62. The fourth-order valence-electron chi connectivity index (χ4n) is 4.83. The molecule has 4 unspecified atom stereocenters. The summed E-state index contributed by atoms with van der Waals surface area (Å²) in [7, 11) is 2.72. The molecule has 1 aliphatic heterocycles. The Labute approximate surface area is 231 Å². The van der Waals surface area contributed by atoms with Crippen molar-refractivity contribution >= 4 is 34.8 Å². The number of aromatic carboxylic acids is 1. The number of benzene rings is 1. The molecule has 1 saturated carbocycles. The Bertz CT molecular complexity index is 1370. The predicted molar refractivity (Wildman–Crippen MR) is 142 cm³/mol. The first-order valence-corrected chi connectivity index (χ1v) is 12.7. The molecule has 2 aliphatic rings. The van der Waals surface area contributed by atoms with Crippen molar-refractivity contribution < 1.29 is 43.2 Å². The molecule has 0 radical (unpaired) electrons. The number of rotatable bonds is 8. The summed E-state index contributed by atoms with van der Waals surface area (Å²) in [6.07, 6.45) is 0.535. The smallest absolute Gasteiger partial charge is 0.411 e. The number of ether oxygens (including phenoxy) is 4. The molecule has 2 heterocycles. The number of carboxylic acids is 1. The molecule has 2 amide bonds. The van der Waals surface area contributed by atoms with Crippen LogP contribution in [0.1, 0.15) is 44.1 Å². The summed E-state index contributed by atoms with van der Waals surface area (Å²) in [5.74, 6) is -2.01. The number of hydrogen-bond donors (Lipinski definition) is 2. The average molecular weight is 556 g/mol. The van der Waals surface area contributed by atoms with Gasteiger partial charge in [-0.25, -0.2) is 19.4 Å². The molecule has 2 aromatic rings. The molecule has 2 fully saturated rings. The third-order valence-corrected chi connectivity index (χ3v) is 6.88. The van der Waals surface area contributed by atoms with Gasteiger partial charge in [0.1, 0.15) is 34.8 Å². The molecule has 12 heteroatoms. The van der Waals surface area contributed by atoms with Crippen molar-refractivity contribution in [1.29, 1.82) is 0 Å². The molecular formula is C28H33N3O9. The van der Waals surface area contributed by atoms with Gasteiger partial charge in [0.25, 0.3) is 0 Å². The molecule has 0 spiro atoms. The maximum absolute atomic E-state index is 13.5. The Morgan fingerprint density at radius 3 is 2.50 bits per heavy atom. The van der Waals surface area contributed by atoms with Crippen LogP contribution in [0.3, 0.4) is 0 Å². The SMILES string of the molecule is C=CC1CC1(NC(=O)C1CC(Oc2cc(C(=O)O)nc3cc(OC)ccc23)CN1C(=O)OC(C)(C)C)C(=O)OC. The van der Waals surface area contributed by atoms with Crippen LogP contribution in [0.5, 0.6) is 11.5 Å². The Balaban J connectivity index is 1.64. The van der Waals surface area contributed by atoms with Crippen molar-refractivity contribution in [3.8, 4) is 11.5 Å². The van der Waals surface area contributed by atoms with Crippen molar-refractivity contribution in [3.63, 3.8) is 0 Å². The number of pyridine rings is 1. The van der Waals surface area contributed by atoms with Gasteiger partial charge in [-0.1, -0.05) is 6.08 Å². The Kier molecular flexibility index (Phi) is 7.64. The van der Waals surface area contributed by atoms with E-state index in [2.05, 4.69) is 16.9 Å². The van der Waals surface area contributed by atoms with Crippen LogP contribution < -0.4 is 14.8 Å². The van der Waals surface area contributed by atoms with Gasteiger partial charge in [0.15, 0.2) is 5.69 Å². The maximum atomic E-state index is 13.5. The van der Waals surface area contributed by atoms with Crippen LogP contribution in [0.15, 0.2) is 36.9 Å².